The molecule has 1 saturated heterocycles. The topological polar surface area (TPSA) is 93.1 Å². The number of nitrogens with zero attached hydrogens (tertiary/aromatic N) is 3. The molecule has 232 valence electrons. The maximum absolute atomic E-state index is 13.9. The second kappa shape index (κ2) is 12.5. The second-order valence-electron chi connectivity index (χ2n) is 11.8. The summed E-state index contributed by atoms with van der Waals surface area (Å²) in [6.45, 7) is 6.51. The van der Waals surface area contributed by atoms with E-state index in [9.17, 15) is 14.4 Å². The quantitative estimate of drug-likeness (QED) is 0.276. The van der Waals surface area contributed by atoms with Crippen molar-refractivity contribution in [3.05, 3.63) is 112 Å². The molecule has 2 unspecified atom stereocenters. The molecule has 1 N–H and O–H groups in total. The number of nitrogens with one attached hydrogen (secondary N) is 1. The monoisotopic (exact) mass is 606 g/mol. The number of carbonyl (C=O) groups is 2. The molecule has 0 aliphatic carbocycles. The molecule has 2 atom stereocenters. The van der Waals surface area contributed by atoms with Crippen molar-refractivity contribution in [2.24, 2.45) is 5.92 Å². The average molecular weight is 607 g/mol. The lowest BCUT2D eigenvalue weighted by Crippen LogP contribution is -2.47. The Kier molecular flexibility index (Phi) is 8.34. The average Bonchev–Trinajstić information content (AvgIpc) is 3.05. The van der Waals surface area contributed by atoms with E-state index in [0.29, 0.717) is 47.9 Å². The van der Waals surface area contributed by atoms with Crippen LogP contribution in [-0.2, 0) is 6.54 Å². The number of hydrogen-bond donors (Lipinski definition) is 1. The fourth-order valence-electron chi connectivity index (χ4n) is 6.67. The number of fused-ring (bicyclic) bond motifs is 4. The van der Waals surface area contributed by atoms with Gasteiger partial charge in [0, 0.05) is 66.7 Å². The van der Waals surface area contributed by atoms with Crippen LogP contribution in [0.4, 0.5) is 17.1 Å². The fraction of sp³-hybridized carbons (Fsp3) is 0.306. The van der Waals surface area contributed by atoms with Gasteiger partial charge in [-0.05, 0) is 80.3 Å². The Balaban J connectivity index is 1.38. The molecule has 3 heterocycles. The highest BCUT2D eigenvalue weighted by Gasteiger charge is 2.35. The second-order valence-corrected chi connectivity index (χ2v) is 11.8. The number of piperidine rings is 1. The minimum Gasteiger partial charge on any atom is -0.497 e. The van der Waals surface area contributed by atoms with E-state index in [4.69, 9.17) is 9.47 Å². The van der Waals surface area contributed by atoms with E-state index in [1.54, 1.807) is 35.2 Å². The minimum absolute atomic E-state index is 0.0364. The van der Waals surface area contributed by atoms with Gasteiger partial charge in [-0.15, -0.1) is 0 Å². The molecule has 0 saturated carbocycles. The van der Waals surface area contributed by atoms with Crippen molar-refractivity contribution in [1.29, 1.82) is 0 Å². The summed E-state index contributed by atoms with van der Waals surface area (Å²) in [5, 5.41) is 3.10. The summed E-state index contributed by atoms with van der Waals surface area (Å²) in [5.41, 5.74) is 5.17. The molecule has 2 amide bonds. The normalized spacial score (nSPS) is 16.8. The molecule has 2 bridgehead atoms. The Labute approximate surface area is 263 Å². The molecule has 0 radical (unpaired) electrons. The molecule has 6 rings (SSSR count). The van der Waals surface area contributed by atoms with Gasteiger partial charge in [-0.2, -0.15) is 0 Å². The molecule has 0 spiro atoms. The van der Waals surface area contributed by atoms with Gasteiger partial charge in [-0.1, -0.05) is 18.2 Å². The van der Waals surface area contributed by atoms with Crippen LogP contribution in [0.3, 0.4) is 0 Å². The largest absolute Gasteiger partial charge is 0.497 e. The van der Waals surface area contributed by atoms with Crippen LogP contribution in [0.1, 0.15) is 51.2 Å². The van der Waals surface area contributed by atoms with Crippen molar-refractivity contribution in [1.82, 2.24) is 4.57 Å². The first-order valence-electron chi connectivity index (χ1n) is 15.3. The Morgan fingerprint density at radius 1 is 0.889 bits per heavy atom. The van der Waals surface area contributed by atoms with Gasteiger partial charge in [0.25, 0.3) is 17.4 Å². The SMILES string of the molecule is CCN(C(=O)c1ccc(N2CC3CC(C2)c2cccc(=O)n2C3)c(NC(=O)c2cc(OC)cc(OC)c2)c1)c1cccc(C)c1. The lowest BCUT2D eigenvalue weighted by atomic mass is 9.83. The van der Waals surface area contributed by atoms with Gasteiger partial charge in [-0.3, -0.25) is 14.4 Å². The highest BCUT2D eigenvalue weighted by Crippen LogP contribution is 2.40. The Hall–Kier alpha value is -5.05. The van der Waals surface area contributed by atoms with Gasteiger partial charge in [0.15, 0.2) is 0 Å². The third kappa shape index (κ3) is 6.02. The van der Waals surface area contributed by atoms with E-state index in [2.05, 4.69) is 10.2 Å². The third-order valence-electron chi connectivity index (χ3n) is 8.80. The zero-order valence-electron chi connectivity index (χ0n) is 26.1. The van der Waals surface area contributed by atoms with Gasteiger partial charge < -0.3 is 29.2 Å². The number of hydrogen-bond acceptors (Lipinski definition) is 6. The number of anilines is 3. The van der Waals surface area contributed by atoms with Gasteiger partial charge in [0.2, 0.25) is 0 Å². The molecule has 3 aromatic carbocycles. The van der Waals surface area contributed by atoms with Crippen molar-refractivity contribution in [2.45, 2.75) is 32.7 Å². The minimum atomic E-state index is -0.349. The zero-order valence-corrected chi connectivity index (χ0v) is 26.1. The third-order valence-corrected chi connectivity index (χ3v) is 8.80. The van der Waals surface area contributed by atoms with Crippen molar-refractivity contribution >= 4 is 28.9 Å². The van der Waals surface area contributed by atoms with Gasteiger partial charge in [-0.25, -0.2) is 0 Å². The van der Waals surface area contributed by atoms with Crippen molar-refractivity contribution in [2.75, 3.05) is 49.0 Å². The van der Waals surface area contributed by atoms with Gasteiger partial charge in [0.05, 0.1) is 25.6 Å². The van der Waals surface area contributed by atoms with E-state index in [-0.39, 0.29) is 29.2 Å². The summed E-state index contributed by atoms with van der Waals surface area (Å²) >= 11 is 0. The van der Waals surface area contributed by atoms with E-state index < -0.39 is 0 Å². The van der Waals surface area contributed by atoms with Crippen LogP contribution in [0.15, 0.2) is 83.7 Å². The van der Waals surface area contributed by atoms with Crippen LogP contribution < -0.4 is 30.1 Å². The van der Waals surface area contributed by atoms with Crippen LogP contribution in [-0.4, -0.2) is 50.2 Å². The molecule has 9 nitrogen and oxygen atoms in total. The summed E-state index contributed by atoms with van der Waals surface area (Å²) < 4.78 is 12.7. The van der Waals surface area contributed by atoms with Crippen molar-refractivity contribution in [3.8, 4) is 11.5 Å². The highest BCUT2D eigenvalue weighted by atomic mass is 16.5. The lowest BCUT2D eigenvalue weighted by molar-refractivity contribution is 0.0985. The summed E-state index contributed by atoms with van der Waals surface area (Å²) in [6.07, 6.45) is 1.00. The first-order chi connectivity index (χ1) is 21.8. The number of pyridine rings is 1. The maximum atomic E-state index is 13.9. The van der Waals surface area contributed by atoms with Crippen LogP contribution >= 0.6 is 0 Å². The summed E-state index contributed by atoms with van der Waals surface area (Å²) in [5.74, 6) is 0.947. The zero-order chi connectivity index (χ0) is 31.7. The molecule has 2 aliphatic heterocycles. The first kappa shape index (κ1) is 30.0. The van der Waals surface area contributed by atoms with Crippen LogP contribution in [0.25, 0.3) is 0 Å². The standard InChI is InChI=1S/C36H38N4O5/c1-5-39(28-9-6-8-23(2)14-28)36(43)25-12-13-33(31(18-25)37-35(42)26-16-29(44-3)19-30(17-26)45-4)38-20-24-15-27(22-38)32-10-7-11-34(41)40(32)21-24/h6-14,16-19,24,27H,5,15,20-22H2,1-4H3,(H,37,42). The van der Waals surface area contributed by atoms with Gasteiger partial charge >= 0.3 is 0 Å². The molecular weight excluding hydrogens is 568 g/mol. The number of carbonyl (C=O) groups excluding carboxylic acids is 2. The molecule has 2 aliphatic rings. The first-order valence-corrected chi connectivity index (χ1v) is 15.3. The number of aromatic nitrogens is 1. The van der Waals surface area contributed by atoms with E-state index >= 15 is 0 Å². The van der Waals surface area contributed by atoms with E-state index in [0.717, 1.165) is 35.6 Å². The predicted molar refractivity (Wildman–Crippen MR) is 176 cm³/mol. The van der Waals surface area contributed by atoms with Gasteiger partial charge in [0.1, 0.15) is 11.5 Å². The van der Waals surface area contributed by atoms with E-state index in [1.165, 1.54) is 14.2 Å². The number of amides is 2. The lowest BCUT2D eigenvalue weighted by Gasteiger charge is -2.44. The Morgan fingerprint density at radius 2 is 1.64 bits per heavy atom. The number of benzene rings is 3. The number of aryl methyl sites for hydroxylation is 1. The van der Waals surface area contributed by atoms with Crippen LogP contribution in [0.5, 0.6) is 11.5 Å². The van der Waals surface area contributed by atoms with Crippen LogP contribution in [0, 0.1) is 12.8 Å². The number of rotatable bonds is 8. The maximum Gasteiger partial charge on any atom is 0.258 e. The van der Waals surface area contributed by atoms with Crippen molar-refractivity contribution in [3.63, 3.8) is 0 Å². The summed E-state index contributed by atoms with van der Waals surface area (Å²) in [6, 6.07) is 23.9. The molecule has 1 fully saturated rings. The summed E-state index contributed by atoms with van der Waals surface area (Å²) in [4.78, 5) is 44.3. The number of methoxy groups -OCH3 is 2. The molecule has 45 heavy (non-hydrogen) atoms. The van der Waals surface area contributed by atoms with Crippen molar-refractivity contribution < 1.29 is 19.1 Å². The predicted octanol–water partition coefficient (Wildman–Crippen LogP) is 5.72. The van der Waals surface area contributed by atoms with Crippen LogP contribution in [0.2, 0.25) is 0 Å². The summed E-state index contributed by atoms with van der Waals surface area (Å²) in [7, 11) is 3.08. The molecule has 1 aromatic heterocycles. The molecule has 9 heteroatoms. The fourth-order valence-corrected chi connectivity index (χ4v) is 6.67. The van der Waals surface area contributed by atoms with E-state index in [1.807, 2.05) is 66.9 Å². The molecular formula is C36H38N4O5. The smallest absolute Gasteiger partial charge is 0.258 e. The Morgan fingerprint density at radius 3 is 2.36 bits per heavy atom. The Bertz CT molecular complexity index is 1790. The molecule has 4 aromatic rings. The number of ether oxygens (including phenoxy) is 2. The highest BCUT2D eigenvalue weighted by molar-refractivity contribution is 6.10.